The topological polar surface area (TPSA) is 75.4 Å². The van der Waals surface area contributed by atoms with Crippen LogP contribution >= 0.6 is 0 Å². The zero-order valence-corrected chi connectivity index (χ0v) is 14.2. The molecule has 2 aromatic rings. The van der Waals surface area contributed by atoms with Crippen LogP contribution in [0, 0.1) is 0 Å². The van der Waals surface area contributed by atoms with Crippen LogP contribution in [0.4, 0.5) is 0 Å². The van der Waals surface area contributed by atoms with E-state index in [0.29, 0.717) is 30.6 Å². The Bertz CT molecular complexity index is 663. The van der Waals surface area contributed by atoms with Gasteiger partial charge in [-0.3, -0.25) is 14.7 Å². The van der Waals surface area contributed by atoms with Crippen molar-refractivity contribution in [3.05, 3.63) is 30.4 Å². The molecule has 0 saturated carbocycles. The van der Waals surface area contributed by atoms with Crippen LogP contribution in [0.2, 0.25) is 0 Å². The monoisotopic (exact) mass is 329 g/mol. The first-order valence-corrected chi connectivity index (χ1v) is 8.38. The van der Waals surface area contributed by atoms with E-state index in [0.717, 1.165) is 31.7 Å². The highest BCUT2D eigenvalue weighted by atomic mass is 16.5. The lowest BCUT2D eigenvalue weighted by molar-refractivity contribution is -0.133. The van der Waals surface area contributed by atoms with E-state index in [9.17, 15) is 4.79 Å². The first-order valence-electron chi connectivity index (χ1n) is 8.38. The van der Waals surface area contributed by atoms with Gasteiger partial charge in [0.15, 0.2) is 0 Å². The predicted molar refractivity (Wildman–Crippen MR) is 89.1 cm³/mol. The van der Waals surface area contributed by atoms with Gasteiger partial charge in [0.1, 0.15) is 0 Å². The summed E-state index contributed by atoms with van der Waals surface area (Å²) in [5.41, 5.74) is 0.809. The minimum Gasteiger partial charge on any atom is -0.340 e. The average molecular weight is 329 g/mol. The maximum Gasteiger partial charge on any atom is 0.227 e. The Labute approximate surface area is 141 Å². The standard InChI is InChI=1S/C17H23N5O2/c1-13(2)21-8-10-22(11-9-21)16(23)6-5-15-19-17(20-24-15)14-4-3-7-18-12-14/h3-4,7,12-13H,5-6,8-11H2,1-2H3. The highest BCUT2D eigenvalue weighted by Gasteiger charge is 2.22. The molecule has 24 heavy (non-hydrogen) atoms. The number of pyridine rings is 1. The van der Waals surface area contributed by atoms with E-state index < -0.39 is 0 Å². The van der Waals surface area contributed by atoms with E-state index in [1.54, 1.807) is 12.4 Å². The molecule has 3 rings (SSSR count). The highest BCUT2D eigenvalue weighted by Crippen LogP contribution is 2.15. The largest absolute Gasteiger partial charge is 0.340 e. The maximum atomic E-state index is 12.3. The Kier molecular flexibility index (Phi) is 5.20. The third-order valence-electron chi connectivity index (χ3n) is 4.34. The van der Waals surface area contributed by atoms with E-state index in [-0.39, 0.29) is 5.91 Å². The fourth-order valence-electron chi connectivity index (χ4n) is 2.83. The Morgan fingerprint density at radius 1 is 1.29 bits per heavy atom. The molecule has 0 aliphatic carbocycles. The van der Waals surface area contributed by atoms with Crippen LogP contribution in [0.1, 0.15) is 26.2 Å². The highest BCUT2D eigenvalue weighted by molar-refractivity contribution is 5.76. The second-order valence-electron chi connectivity index (χ2n) is 6.26. The third-order valence-corrected chi connectivity index (χ3v) is 4.34. The quantitative estimate of drug-likeness (QED) is 0.830. The number of carbonyl (C=O) groups is 1. The van der Waals surface area contributed by atoms with Crippen molar-refractivity contribution in [2.75, 3.05) is 26.2 Å². The molecule has 128 valence electrons. The van der Waals surface area contributed by atoms with Gasteiger partial charge in [-0.05, 0) is 26.0 Å². The number of aryl methyl sites for hydroxylation is 1. The van der Waals surface area contributed by atoms with E-state index in [2.05, 4.69) is 33.9 Å². The summed E-state index contributed by atoms with van der Waals surface area (Å²) in [5.74, 6) is 1.15. The van der Waals surface area contributed by atoms with Crippen molar-refractivity contribution in [1.82, 2.24) is 24.9 Å². The van der Waals surface area contributed by atoms with Crippen LogP contribution in [-0.2, 0) is 11.2 Å². The first kappa shape index (κ1) is 16.6. The number of carbonyl (C=O) groups excluding carboxylic acids is 1. The van der Waals surface area contributed by atoms with Crippen LogP contribution in [0.3, 0.4) is 0 Å². The van der Waals surface area contributed by atoms with Gasteiger partial charge < -0.3 is 9.42 Å². The summed E-state index contributed by atoms with van der Waals surface area (Å²) < 4.78 is 5.24. The molecule has 0 spiro atoms. The Hall–Kier alpha value is -2.28. The molecule has 0 radical (unpaired) electrons. The smallest absolute Gasteiger partial charge is 0.227 e. The fraction of sp³-hybridized carbons (Fsp3) is 0.529. The lowest BCUT2D eigenvalue weighted by Crippen LogP contribution is -2.50. The molecule has 0 unspecified atom stereocenters. The lowest BCUT2D eigenvalue weighted by atomic mass is 10.2. The van der Waals surface area contributed by atoms with Crippen molar-refractivity contribution in [2.24, 2.45) is 0 Å². The van der Waals surface area contributed by atoms with Crippen LogP contribution in [-0.4, -0.2) is 63.1 Å². The van der Waals surface area contributed by atoms with Crippen LogP contribution in [0.5, 0.6) is 0 Å². The molecular formula is C17H23N5O2. The van der Waals surface area contributed by atoms with Crippen molar-refractivity contribution in [3.8, 4) is 11.4 Å². The van der Waals surface area contributed by atoms with Gasteiger partial charge in [-0.1, -0.05) is 5.16 Å². The number of rotatable bonds is 5. The van der Waals surface area contributed by atoms with E-state index in [4.69, 9.17) is 4.52 Å². The van der Waals surface area contributed by atoms with Gasteiger partial charge in [0.25, 0.3) is 0 Å². The molecule has 1 fully saturated rings. The summed E-state index contributed by atoms with van der Waals surface area (Å²) in [5, 5.41) is 3.95. The Balaban J connectivity index is 1.50. The molecule has 1 amide bonds. The van der Waals surface area contributed by atoms with E-state index in [1.165, 1.54) is 0 Å². The fourth-order valence-corrected chi connectivity index (χ4v) is 2.83. The summed E-state index contributed by atoms with van der Waals surface area (Å²) in [7, 11) is 0. The molecule has 1 aliphatic rings. The van der Waals surface area contributed by atoms with Gasteiger partial charge in [-0.2, -0.15) is 4.98 Å². The molecule has 3 heterocycles. The summed E-state index contributed by atoms with van der Waals surface area (Å²) in [4.78, 5) is 25.0. The van der Waals surface area contributed by atoms with Gasteiger partial charge in [0.05, 0.1) is 0 Å². The van der Waals surface area contributed by atoms with Gasteiger partial charge in [-0.25, -0.2) is 0 Å². The van der Waals surface area contributed by atoms with Crippen molar-refractivity contribution in [3.63, 3.8) is 0 Å². The minimum atomic E-state index is 0.152. The van der Waals surface area contributed by atoms with Crippen molar-refractivity contribution in [1.29, 1.82) is 0 Å². The van der Waals surface area contributed by atoms with Crippen molar-refractivity contribution >= 4 is 5.91 Å². The van der Waals surface area contributed by atoms with Gasteiger partial charge in [0, 0.05) is 63.0 Å². The summed E-state index contributed by atoms with van der Waals surface area (Å²) in [6, 6.07) is 4.23. The first-order chi connectivity index (χ1) is 11.6. The lowest BCUT2D eigenvalue weighted by Gasteiger charge is -2.36. The second-order valence-corrected chi connectivity index (χ2v) is 6.26. The van der Waals surface area contributed by atoms with Gasteiger partial charge in [0.2, 0.25) is 17.6 Å². The molecule has 1 aliphatic heterocycles. The van der Waals surface area contributed by atoms with E-state index in [1.807, 2.05) is 17.0 Å². The van der Waals surface area contributed by atoms with Crippen LogP contribution in [0.25, 0.3) is 11.4 Å². The summed E-state index contributed by atoms with van der Waals surface area (Å²) >= 11 is 0. The zero-order chi connectivity index (χ0) is 16.9. The molecular weight excluding hydrogens is 306 g/mol. The van der Waals surface area contributed by atoms with Gasteiger partial charge in [-0.15, -0.1) is 0 Å². The Morgan fingerprint density at radius 2 is 2.08 bits per heavy atom. The molecule has 0 N–H and O–H groups in total. The minimum absolute atomic E-state index is 0.152. The van der Waals surface area contributed by atoms with Crippen molar-refractivity contribution < 1.29 is 9.32 Å². The number of amides is 1. The predicted octanol–water partition coefficient (Wildman–Crippen LogP) is 1.62. The van der Waals surface area contributed by atoms with Crippen LogP contribution in [0.15, 0.2) is 29.0 Å². The molecule has 1 saturated heterocycles. The average Bonchev–Trinajstić information content (AvgIpc) is 3.09. The van der Waals surface area contributed by atoms with Crippen LogP contribution < -0.4 is 0 Å². The van der Waals surface area contributed by atoms with Crippen molar-refractivity contribution in [2.45, 2.75) is 32.7 Å². The number of aromatic nitrogens is 3. The molecule has 0 atom stereocenters. The summed E-state index contributed by atoms with van der Waals surface area (Å²) in [6.07, 6.45) is 4.25. The summed E-state index contributed by atoms with van der Waals surface area (Å²) in [6.45, 7) is 7.84. The molecule has 7 heteroatoms. The second kappa shape index (κ2) is 7.53. The molecule has 0 aromatic carbocycles. The molecule has 7 nitrogen and oxygen atoms in total. The van der Waals surface area contributed by atoms with Gasteiger partial charge >= 0.3 is 0 Å². The van der Waals surface area contributed by atoms with E-state index >= 15 is 0 Å². The third kappa shape index (κ3) is 3.97. The normalized spacial score (nSPS) is 15.9. The SMILES string of the molecule is CC(C)N1CCN(C(=O)CCc2nc(-c3cccnc3)no2)CC1. The maximum absolute atomic E-state index is 12.3. The molecule has 0 bridgehead atoms. The number of hydrogen-bond acceptors (Lipinski definition) is 6. The molecule has 2 aromatic heterocycles. The number of hydrogen-bond donors (Lipinski definition) is 0. The number of nitrogens with zero attached hydrogens (tertiary/aromatic N) is 5. The number of piperazine rings is 1. The zero-order valence-electron chi connectivity index (χ0n) is 14.2. The Morgan fingerprint density at radius 3 is 2.75 bits per heavy atom.